The molecule has 62 heavy (non-hydrogen) atoms. The van der Waals surface area contributed by atoms with Crippen LogP contribution in [0.15, 0.2) is 107 Å². The van der Waals surface area contributed by atoms with E-state index in [2.05, 4.69) is 25.8 Å². The number of hydrogen-bond donors (Lipinski definition) is 4. The smallest absolute Gasteiger partial charge is 0.389 e. The summed E-state index contributed by atoms with van der Waals surface area (Å²) in [4.78, 5) is 12.6. The number of ether oxygens (including phenoxy) is 2. The first-order valence-electron chi connectivity index (χ1n) is 20.1. The second-order valence-corrected chi connectivity index (χ2v) is 20.1. The highest BCUT2D eigenvalue weighted by atomic mass is 28.4. The van der Waals surface area contributed by atoms with Crippen molar-refractivity contribution < 1.29 is 51.2 Å². The van der Waals surface area contributed by atoms with Crippen molar-refractivity contribution in [2.24, 2.45) is 10.2 Å². The van der Waals surface area contributed by atoms with E-state index in [-0.39, 0.29) is 18.9 Å². The molecule has 0 saturated carbocycles. The number of benzene rings is 4. The molecule has 0 bridgehead atoms. The SMILES string of the molecule is CO[Si](CCCOCC(O)CNc1ccc(N(c2ccc(N=Nc3ccc([N+](=O)[O-])cc3)cc2)c2ccc(NCC(O)COCCC[Si](OC)(OC)OC)cc2)cc1)(OC)OC. The molecule has 0 aromatic heterocycles. The van der Waals surface area contributed by atoms with Gasteiger partial charge in [-0.3, -0.25) is 10.1 Å². The molecule has 0 radical (unpaired) electrons. The van der Waals surface area contributed by atoms with E-state index in [4.69, 9.17) is 36.0 Å². The molecule has 0 aliphatic rings. The predicted molar refractivity (Wildman–Crippen MR) is 241 cm³/mol. The Hall–Kier alpha value is -4.69. The summed E-state index contributed by atoms with van der Waals surface area (Å²) in [5, 5.41) is 47.2. The maximum absolute atomic E-state index is 11.0. The Bertz CT molecular complexity index is 1810. The molecule has 0 amide bonds. The lowest BCUT2D eigenvalue weighted by molar-refractivity contribution is -0.384. The van der Waals surface area contributed by atoms with E-state index in [1.807, 2.05) is 72.8 Å². The Labute approximate surface area is 365 Å². The van der Waals surface area contributed by atoms with Gasteiger partial charge in [0.25, 0.3) is 5.69 Å². The molecule has 4 N–H and O–H groups in total. The second-order valence-electron chi connectivity index (χ2n) is 13.9. The van der Waals surface area contributed by atoms with E-state index < -0.39 is 34.7 Å². The van der Waals surface area contributed by atoms with Gasteiger partial charge in [0.05, 0.1) is 41.7 Å². The number of nitro benzene ring substituents is 1. The van der Waals surface area contributed by atoms with Gasteiger partial charge in [0.15, 0.2) is 0 Å². The van der Waals surface area contributed by atoms with Crippen LogP contribution in [0, 0.1) is 10.1 Å². The van der Waals surface area contributed by atoms with E-state index in [0.717, 1.165) is 28.4 Å². The number of anilines is 5. The van der Waals surface area contributed by atoms with Crippen molar-refractivity contribution in [3.05, 3.63) is 107 Å². The number of non-ortho nitro benzene ring substituents is 1. The third-order valence-electron chi connectivity index (χ3n) is 9.81. The summed E-state index contributed by atoms with van der Waals surface area (Å²) in [6.45, 7) is 1.80. The lowest BCUT2D eigenvalue weighted by Gasteiger charge is -2.26. The maximum Gasteiger partial charge on any atom is 0.500 e. The Kier molecular flexibility index (Phi) is 21.0. The molecular weight excluding hydrogens is 837 g/mol. The molecule has 2 atom stereocenters. The van der Waals surface area contributed by atoms with Crippen LogP contribution in [0.1, 0.15) is 12.8 Å². The van der Waals surface area contributed by atoms with Gasteiger partial charge in [-0.1, -0.05) is 0 Å². The summed E-state index contributed by atoms with van der Waals surface area (Å²) in [7, 11) is 4.14. The Balaban J connectivity index is 1.39. The van der Waals surface area contributed by atoms with Gasteiger partial charge in [0.2, 0.25) is 0 Å². The summed E-state index contributed by atoms with van der Waals surface area (Å²) in [5.74, 6) is 0. The van der Waals surface area contributed by atoms with Gasteiger partial charge in [-0.25, -0.2) is 0 Å². The molecule has 18 nitrogen and oxygen atoms in total. The van der Waals surface area contributed by atoms with Crippen LogP contribution >= 0.6 is 0 Å². The number of aliphatic hydroxyl groups is 2. The van der Waals surface area contributed by atoms with Crippen LogP contribution in [0.3, 0.4) is 0 Å². The van der Waals surface area contributed by atoms with Crippen LogP contribution in [0.25, 0.3) is 0 Å². The van der Waals surface area contributed by atoms with Crippen LogP contribution in [-0.4, -0.2) is 127 Å². The summed E-state index contributed by atoms with van der Waals surface area (Å²) in [5.41, 5.74) is 5.31. The van der Waals surface area contributed by atoms with Crippen LogP contribution in [0.4, 0.5) is 45.5 Å². The minimum atomic E-state index is -2.66. The molecule has 0 aliphatic heterocycles. The predicted octanol–water partition coefficient (Wildman–Crippen LogP) is 7.60. The summed E-state index contributed by atoms with van der Waals surface area (Å²) in [6, 6.07) is 30.3. The molecule has 0 fully saturated rings. The van der Waals surface area contributed by atoms with Gasteiger partial charge in [-0.2, -0.15) is 10.2 Å². The molecule has 4 rings (SSSR count). The Morgan fingerprint density at radius 2 is 0.919 bits per heavy atom. The number of nitro groups is 1. The highest BCUT2D eigenvalue weighted by molar-refractivity contribution is 6.60. The molecule has 0 heterocycles. The number of hydrogen-bond acceptors (Lipinski definition) is 17. The van der Waals surface area contributed by atoms with Crippen LogP contribution < -0.4 is 15.5 Å². The maximum atomic E-state index is 11.0. The van der Waals surface area contributed by atoms with Crippen molar-refractivity contribution in [3.63, 3.8) is 0 Å². The first-order valence-corrected chi connectivity index (χ1v) is 23.9. The van der Waals surface area contributed by atoms with Crippen LogP contribution in [0.5, 0.6) is 0 Å². The fourth-order valence-corrected chi connectivity index (χ4v) is 9.63. The van der Waals surface area contributed by atoms with Crippen molar-refractivity contribution >= 4 is 63.1 Å². The lowest BCUT2D eigenvalue weighted by atomic mass is 10.1. The highest BCUT2D eigenvalue weighted by Gasteiger charge is 2.37. The standard InChI is InChI=1S/C42H60N6O12Si2/c1-53-61(54-2,55-3)27-7-25-59-31-41(49)29-43-33-9-17-37(18-10-33)47(39-21-13-35(14-22-39)45-46-36-15-23-40(24-16-36)48(51)52)38-19-11-34(12-20-38)44-30-42(50)32-60-26-8-28-62(56-4,57-5)58-6/h9-24,41-44,49-50H,7-8,25-32H2,1-6H3. The van der Waals surface area contributed by atoms with E-state index in [1.54, 1.807) is 54.8 Å². The largest absolute Gasteiger partial charge is 0.500 e. The Morgan fingerprint density at radius 1 is 0.581 bits per heavy atom. The molecule has 4 aromatic rings. The quantitative estimate of drug-likeness (QED) is 0.0131. The molecule has 2 unspecified atom stereocenters. The molecule has 338 valence electrons. The van der Waals surface area contributed by atoms with Gasteiger partial charge in [-0.15, -0.1) is 0 Å². The van der Waals surface area contributed by atoms with Gasteiger partial charge < -0.3 is 61.8 Å². The van der Waals surface area contributed by atoms with Crippen LogP contribution in [-0.2, 0) is 36.0 Å². The number of nitrogens with zero attached hydrogens (tertiary/aromatic N) is 4. The van der Waals surface area contributed by atoms with Gasteiger partial charge in [0.1, 0.15) is 0 Å². The zero-order valence-electron chi connectivity index (χ0n) is 36.2. The van der Waals surface area contributed by atoms with Crippen molar-refractivity contribution in [1.29, 1.82) is 0 Å². The lowest BCUT2D eigenvalue weighted by Crippen LogP contribution is -2.42. The minimum Gasteiger partial charge on any atom is -0.389 e. The van der Waals surface area contributed by atoms with E-state index in [1.165, 1.54) is 12.1 Å². The van der Waals surface area contributed by atoms with Crippen molar-refractivity contribution in [2.45, 2.75) is 37.1 Å². The fourth-order valence-electron chi connectivity index (χ4n) is 6.25. The van der Waals surface area contributed by atoms with Crippen molar-refractivity contribution in [3.8, 4) is 0 Å². The topological polar surface area (TPSA) is 209 Å². The molecule has 4 aromatic carbocycles. The highest BCUT2D eigenvalue weighted by Crippen LogP contribution is 2.37. The molecule has 20 heteroatoms. The van der Waals surface area contributed by atoms with Crippen LogP contribution in [0.2, 0.25) is 12.1 Å². The number of nitrogens with one attached hydrogen (secondary N) is 2. The van der Waals surface area contributed by atoms with Gasteiger partial charge >= 0.3 is 17.6 Å². The molecular formula is C42H60N6O12Si2. The average Bonchev–Trinajstić information content (AvgIpc) is 3.31. The zero-order chi connectivity index (χ0) is 44.8. The fraction of sp³-hybridized carbons (Fsp3) is 0.429. The van der Waals surface area contributed by atoms with Gasteiger partial charge in [0, 0.05) is 122 Å². The van der Waals surface area contributed by atoms with Gasteiger partial charge in [-0.05, 0) is 97.8 Å². The summed E-state index contributed by atoms with van der Waals surface area (Å²) >= 11 is 0. The van der Waals surface area contributed by atoms with Crippen molar-refractivity contribution in [1.82, 2.24) is 0 Å². The number of rotatable bonds is 30. The Morgan fingerprint density at radius 3 is 1.26 bits per heavy atom. The molecule has 0 aliphatic carbocycles. The molecule has 0 saturated heterocycles. The first-order chi connectivity index (χ1) is 30.0. The van der Waals surface area contributed by atoms with E-state index >= 15 is 0 Å². The third kappa shape index (κ3) is 15.6. The monoisotopic (exact) mass is 896 g/mol. The normalized spacial score (nSPS) is 13.0. The number of aliphatic hydroxyl groups excluding tert-OH is 2. The van der Waals surface area contributed by atoms with Crippen molar-refractivity contribution in [2.75, 3.05) is 97.7 Å². The zero-order valence-corrected chi connectivity index (χ0v) is 38.2. The molecule has 0 spiro atoms. The second kappa shape index (κ2) is 26.1. The average molecular weight is 897 g/mol. The summed E-state index contributed by atoms with van der Waals surface area (Å²) in [6.07, 6.45) is -0.0932. The third-order valence-corrected chi connectivity index (χ3v) is 15.5. The first kappa shape index (κ1) is 50.0. The van der Waals surface area contributed by atoms with E-state index in [0.29, 0.717) is 62.6 Å². The summed E-state index contributed by atoms with van der Waals surface area (Å²) < 4.78 is 44.0. The number of azo groups is 1. The van der Waals surface area contributed by atoms with E-state index in [9.17, 15) is 20.3 Å². The minimum absolute atomic E-state index is 0.0197.